The number of hydrogen-bond donors (Lipinski definition) is 0. The topological polar surface area (TPSA) is 13.1 Å². The summed E-state index contributed by atoms with van der Waals surface area (Å²) < 4.78 is 6.26. The number of halogens is 1. The molecule has 0 amide bonds. The average molecular weight is 321 g/mol. The van der Waals surface area contributed by atoms with Crippen LogP contribution in [0.4, 0.5) is 0 Å². The molecule has 1 aromatic heterocycles. The Balaban J connectivity index is 1.92. The summed E-state index contributed by atoms with van der Waals surface area (Å²) in [5, 5.41) is 2.48. The fourth-order valence-corrected chi connectivity index (χ4v) is 4.47. The summed E-state index contributed by atoms with van der Waals surface area (Å²) in [6.07, 6.45) is 5.21. The van der Waals surface area contributed by atoms with Crippen LogP contribution in [0.1, 0.15) is 31.4 Å². The Kier molecular flexibility index (Phi) is 2.51. The van der Waals surface area contributed by atoms with Gasteiger partial charge in [0, 0.05) is 21.8 Å². The van der Waals surface area contributed by atoms with Gasteiger partial charge >= 0.3 is 0 Å². The molecule has 0 saturated heterocycles. The van der Waals surface area contributed by atoms with Gasteiger partial charge in [-0.1, -0.05) is 61.9 Å². The minimum absolute atomic E-state index is 0.00965. The third-order valence-electron chi connectivity index (χ3n) is 5.44. The molecule has 3 aromatic rings. The second-order valence-corrected chi connectivity index (χ2v) is 7.62. The third kappa shape index (κ3) is 1.63. The molecule has 5 rings (SSSR count). The summed E-state index contributed by atoms with van der Waals surface area (Å²) in [5.41, 5.74) is 7.34. The van der Waals surface area contributed by atoms with Crippen molar-refractivity contribution in [1.29, 1.82) is 0 Å². The van der Waals surface area contributed by atoms with Crippen LogP contribution in [0.5, 0.6) is 0 Å². The number of para-hydroxylation sites is 1. The van der Waals surface area contributed by atoms with Gasteiger partial charge in [0.2, 0.25) is 0 Å². The number of fused-ring (bicyclic) bond motifs is 6. The van der Waals surface area contributed by atoms with E-state index in [1.807, 2.05) is 12.1 Å². The molecular formula is C21H17ClO. The van der Waals surface area contributed by atoms with Crippen molar-refractivity contribution in [2.45, 2.75) is 31.1 Å². The van der Waals surface area contributed by atoms with Crippen LogP contribution in [0.15, 0.2) is 58.5 Å². The van der Waals surface area contributed by atoms with Crippen molar-refractivity contribution in [1.82, 2.24) is 0 Å². The number of hydrogen-bond acceptors (Lipinski definition) is 1. The molecule has 0 fully saturated rings. The van der Waals surface area contributed by atoms with Crippen molar-refractivity contribution in [3.05, 3.63) is 65.3 Å². The van der Waals surface area contributed by atoms with Gasteiger partial charge in [-0.25, -0.2) is 0 Å². The highest BCUT2D eigenvalue weighted by atomic mass is 35.5. The van der Waals surface area contributed by atoms with Crippen LogP contribution >= 0.6 is 11.6 Å². The summed E-state index contributed by atoms with van der Waals surface area (Å²) >= 11 is 6.39. The quantitative estimate of drug-likeness (QED) is 0.449. The largest absolute Gasteiger partial charge is 0.455 e. The molecule has 0 radical (unpaired) electrons. The number of benzene rings is 2. The molecule has 1 nitrogen and oxygen atoms in total. The Morgan fingerprint density at radius 2 is 1.91 bits per heavy atom. The lowest BCUT2D eigenvalue weighted by Gasteiger charge is -2.26. The lowest BCUT2D eigenvalue weighted by atomic mass is 9.78. The molecule has 23 heavy (non-hydrogen) atoms. The maximum absolute atomic E-state index is 6.39. The van der Waals surface area contributed by atoms with Crippen LogP contribution in [0, 0.1) is 0 Å². The molecule has 0 spiro atoms. The van der Waals surface area contributed by atoms with Gasteiger partial charge in [0.1, 0.15) is 11.2 Å². The number of allylic oxidation sites excluding steroid dienone is 4. The summed E-state index contributed by atoms with van der Waals surface area (Å²) in [4.78, 5) is 0. The van der Waals surface area contributed by atoms with E-state index in [1.54, 1.807) is 0 Å². The normalized spacial score (nSPS) is 22.0. The van der Waals surface area contributed by atoms with E-state index in [1.165, 1.54) is 33.0 Å². The summed E-state index contributed by atoms with van der Waals surface area (Å²) in [7, 11) is 0. The second-order valence-electron chi connectivity index (χ2n) is 7.06. The molecule has 2 aliphatic rings. The lowest BCUT2D eigenvalue weighted by Crippen LogP contribution is -2.20. The third-order valence-corrected chi connectivity index (χ3v) is 5.74. The molecule has 0 bridgehead atoms. The Bertz CT molecular complexity index is 1030. The summed E-state index contributed by atoms with van der Waals surface area (Å²) in [6.45, 7) is 4.59. The van der Waals surface area contributed by atoms with Gasteiger partial charge in [-0.3, -0.25) is 0 Å². The fraction of sp³-hybridized carbons (Fsp3) is 0.238. The first kappa shape index (κ1) is 13.4. The Labute approximate surface area is 140 Å². The van der Waals surface area contributed by atoms with Crippen molar-refractivity contribution in [3.63, 3.8) is 0 Å². The summed E-state index contributed by atoms with van der Waals surface area (Å²) in [6, 6.07) is 12.8. The minimum atomic E-state index is 0.00965. The standard InChI is InChI=1S/C21H17ClO/c1-21(2)16-10-9-14-13-5-3-4-6-18(13)23-20(14)19(16)15-8-7-12(22)11-17(15)21/h3-10,12H,11H2,1-2H3. The van der Waals surface area contributed by atoms with Crippen molar-refractivity contribution in [2.75, 3.05) is 0 Å². The van der Waals surface area contributed by atoms with Gasteiger partial charge in [-0.15, -0.1) is 11.6 Å². The predicted molar refractivity (Wildman–Crippen MR) is 97.1 cm³/mol. The highest BCUT2D eigenvalue weighted by molar-refractivity contribution is 6.22. The zero-order valence-corrected chi connectivity index (χ0v) is 13.9. The predicted octanol–water partition coefficient (Wildman–Crippen LogP) is 6.20. The number of alkyl halides is 1. The molecule has 0 N–H and O–H groups in total. The Morgan fingerprint density at radius 3 is 2.78 bits per heavy atom. The first-order valence-corrected chi connectivity index (χ1v) is 8.52. The van der Waals surface area contributed by atoms with E-state index in [4.69, 9.17) is 16.0 Å². The molecule has 0 aliphatic heterocycles. The van der Waals surface area contributed by atoms with Crippen molar-refractivity contribution < 1.29 is 4.42 Å². The molecular weight excluding hydrogens is 304 g/mol. The molecule has 1 heterocycles. The molecule has 0 saturated carbocycles. The fourth-order valence-electron chi connectivity index (χ4n) is 4.24. The van der Waals surface area contributed by atoms with Crippen LogP contribution in [0.25, 0.3) is 27.5 Å². The van der Waals surface area contributed by atoms with Gasteiger partial charge in [0.05, 0.1) is 5.38 Å². The Hall–Kier alpha value is -1.99. The highest BCUT2D eigenvalue weighted by Crippen LogP contribution is 2.53. The zero-order chi connectivity index (χ0) is 15.8. The van der Waals surface area contributed by atoms with Gasteiger partial charge in [-0.05, 0) is 23.6 Å². The molecule has 2 heteroatoms. The van der Waals surface area contributed by atoms with Crippen molar-refractivity contribution in [3.8, 4) is 0 Å². The molecule has 2 aliphatic carbocycles. The maximum atomic E-state index is 6.39. The maximum Gasteiger partial charge on any atom is 0.143 e. The molecule has 114 valence electrons. The van der Waals surface area contributed by atoms with E-state index in [0.29, 0.717) is 0 Å². The van der Waals surface area contributed by atoms with Crippen molar-refractivity contribution >= 4 is 39.1 Å². The van der Waals surface area contributed by atoms with E-state index in [-0.39, 0.29) is 10.8 Å². The van der Waals surface area contributed by atoms with Gasteiger partial charge < -0.3 is 4.42 Å². The number of rotatable bonds is 0. The van der Waals surface area contributed by atoms with Gasteiger partial charge in [0.15, 0.2) is 0 Å². The minimum Gasteiger partial charge on any atom is -0.455 e. The smallest absolute Gasteiger partial charge is 0.143 e. The van der Waals surface area contributed by atoms with Crippen LogP contribution < -0.4 is 0 Å². The van der Waals surface area contributed by atoms with E-state index in [9.17, 15) is 0 Å². The number of furan rings is 1. The SMILES string of the molecule is CC1(C)C2=C(C=CC(Cl)C2)c2c1ccc1c2oc2ccccc21. The van der Waals surface area contributed by atoms with Gasteiger partial charge in [-0.2, -0.15) is 0 Å². The molecule has 1 unspecified atom stereocenters. The average Bonchev–Trinajstić information content (AvgIpc) is 3.02. The molecule has 2 aromatic carbocycles. The highest BCUT2D eigenvalue weighted by Gasteiger charge is 2.40. The second kappa shape index (κ2) is 4.30. The monoisotopic (exact) mass is 320 g/mol. The first-order valence-electron chi connectivity index (χ1n) is 8.08. The summed E-state index contributed by atoms with van der Waals surface area (Å²) in [5.74, 6) is 0. The van der Waals surface area contributed by atoms with Gasteiger partial charge in [0.25, 0.3) is 0 Å². The van der Waals surface area contributed by atoms with E-state index in [2.05, 4.69) is 50.3 Å². The zero-order valence-electron chi connectivity index (χ0n) is 13.2. The van der Waals surface area contributed by atoms with E-state index in [0.717, 1.165) is 17.6 Å². The van der Waals surface area contributed by atoms with Crippen LogP contribution in [0.3, 0.4) is 0 Å². The van der Waals surface area contributed by atoms with Crippen LogP contribution in [0.2, 0.25) is 0 Å². The first-order chi connectivity index (χ1) is 11.1. The van der Waals surface area contributed by atoms with Crippen LogP contribution in [-0.4, -0.2) is 5.38 Å². The van der Waals surface area contributed by atoms with E-state index < -0.39 is 0 Å². The Morgan fingerprint density at radius 1 is 1.09 bits per heavy atom. The van der Waals surface area contributed by atoms with Crippen LogP contribution in [-0.2, 0) is 5.41 Å². The molecule has 1 atom stereocenters. The lowest BCUT2D eigenvalue weighted by molar-refractivity contribution is 0.607. The van der Waals surface area contributed by atoms with E-state index >= 15 is 0 Å². The van der Waals surface area contributed by atoms with Crippen molar-refractivity contribution in [2.24, 2.45) is 0 Å².